The van der Waals surface area contributed by atoms with Gasteiger partial charge in [-0.15, -0.1) is 0 Å². The van der Waals surface area contributed by atoms with Crippen LogP contribution in [0.3, 0.4) is 0 Å². The third-order valence-electron chi connectivity index (χ3n) is 4.51. The molecule has 1 aliphatic rings. The second-order valence-corrected chi connectivity index (χ2v) is 8.09. The quantitative estimate of drug-likeness (QED) is 0.873. The lowest BCUT2D eigenvalue weighted by molar-refractivity contribution is -0.116. The summed E-state index contributed by atoms with van der Waals surface area (Å²) in [6.07, 6.45) is 3.74. The van der Waals surface area contributed by atoms with Crippen molar-refractivity contribution in [3.63, 3.8) is 0 Å². The molecule has 0 aliphatic carbocycles. The van der Waals surface area contributed by atoms with Gasteiger partial charge in [0.1, 0.15) is 17.2 Å². The Bertz CT molecular complexity index is 818. The third-order valence-corrected chi connectivity index (χ3v) is 4.51. The predicted molar refractivity (Wildman–Crippen MR) is 103 cm³/mol. The average molecular weight is 369 g/mol. The van der Waals surface area contributed by atoms with Crippen molar-refractivity contribution in [2.75, 3.05) is 6.54 Å². The highest BCUT2D eigenvalue weighted by atomic mass is 16.6. The number of likely N-dealkylation sites (tertiary alicyclic amines) is 1. The first-order valence-corrected chi connectivity index (χ1v) is 9.36. The average Bonchev–Trinajstić information content (AvgIpc) is 3.22. The maximum absolute atomic E-state index is 12.5. The maximum Gasteiger partial charge on any atom is 0.410 e. The number of Topliss-reactive ketones (excluding diaryl/α,β-unsaturated/α-hetero) is 1. The van der Waals surface area contributed by atoms with Gasteiger partial charge in [-0.2, -0.15) is 0 Å². The minimum atomic E-state index is -0.514. The van der Waals surface area contributed by atoms with E-state index in [-0.39, 0.29) is 17.9 Å². The van der Waals surface area contributed by atoms with Crippen molar-refractivity contribution < 1.29 is 14.3 Å². The Hall–Kier alpha value is -2.63. The fraction of sp³-hybridized carbons (Fsp3) is 0.476. The molecule has 6 heteroatoms. The van der Waals surface area contributed by atoms with E-state index < -0.39 is 5.60 Å². The molecule has 1 fully saturated rings. The monoisotopic (exact) mass is 369 g/mol. The number of nitrogens with one attached hydrogen (secondary N) is 1. The molecule has 27 heavy (non-hydrogen) atoms. The van der Waals surface area contributed by atoms with Crippen LogP contribution in [0.25, 0.3) is 11.3 Å². The van der Waals surface area contributed by atoms with Gasteiger partial charge in [-0.3, -0.25) is 9.69 Å². The van der Waals surface area contributed by atoms with Gasteiger partial charge in [0.15, 0.2) is 0 Å². The summed E-state index contributed by atoms with van der Waals surface area (Å²) >= 11 is 0. The van der Waals surface area contributed by atoms with Crippen LogP contribution in [0.4, 0.5) is 4.79 Å². The van der Waals surface area contributed by atoms with Gasteiger partial charge < -0.3 is 9.72 Å². The molecule has 144 valence electrons. The first-order valence-electron chi connectivity index (χ1n) is 9.36. The van der Waals surface area contributed by atoms with Crippen molar-refractivity contribution in [3.8, 4) is 11.3 Å². The van der Waals surface area contributed by atoms with Crippen LogP contribution in [0.2, 0.25) is 0 Å². The largest absolute Gasteiger partial charge is 0.444 e. The van der Waals surface area contributed by atoms with Gasteiger partial charge in [0, 0.05) is 13.0 Å². The second kappa shape index (κ2) is 7.55. The van der Waals surface area contributed by atoms with E-state index in [1.807, 2.05) is 45.0 Å². The Morgan fingerprint density at radius 2 is 1.96 bits per heavy atom. The third kappa shape index (κ3) is 4.76. The molecule has 1 saturated heterocycles. The van der Waals surface area contributed by atoms with E-state index in [1.54, 1.807) is 18.0 Å². The molecule has 1 atom stereocenters. The molecule has 1 amide bonds. The molecule has 0 radical (unpaired) electrons. The molecule has 1 N–H and O–H groups in total. The van der Waals surface area contributed by atoms with Gasteiger partial charge in [-0.25, -0.2) is 9.78 Å². The number of carbonyl (C=O) groups is 2. The molecule has 3 rings (SSSR count). The zero-order valence-corrected chi connectivity index (χ0v) is 16.4. The van der Waals surface area contributed by atoms with Crippen LogP contribution in [-0.2, 0) is 16.0 Å². The molecule has 1 aromatic heterocycles. The highest BCUT2D eigenvalue weighted by molar-refractivity contribution is 5.78. The summed E-state index contributed by atoms with van der Waals surface area (Å²) in [5.74, 6) is 0.927. The number of ketones is 1. The van der Waals surface area contributed by atoms with Crippen molar-refractivity contribution in [2.24, 2.45) is 0 Å². The van der Waals surface area contributed by atoms with Crippen LogP contribution in [0.15, 0.2) is 30.5 Å². The lowest BCUT2D eigenvalue weighted by Crippen LogP contribution is -2.36. The SMILES string of the molecule is CC(=O)Cc1ccc(-c2cnc(C3CCCN3C(=O)OC(C)(C)C)[nH]2)cc1. The Kier molecular flexibility index (Phi) is 5.35. The van der Waals surface area contributed by atoms with E-state index in [9.17, 15) is 9.59 Å². The summed E-state index contributed by atoms with van der Waals surface area (Å²) in [6.45, 7) is 7.88. The summed E-state index contributed by atoms with van der Waals surface area (Å²) in [6, 6.07) is 7.79. The number of hydrogen-bond acceptors (Lipinski definition) is 4. The summed E-state index contributed by atoms with van der Waals surface area (Å²) in [4.78, 5) is 33.3. The standard InChI is InChI=1S/C21H27N3O3/c1-14(25)12-15-7-9-16(10-8-15)17-13-22-19(23-17)18-6-5-11-24(18)20(26)27-21(2,3)4/h7-10,13,18H,5-6,11-12H2,1-4H3,(H,22,23). The number of rotatable bonds is 4. The van der Waals surface area contributed by atoms with Crippen LogP contribution in [0.1, 0.15) is 58.0 Å². The number of aromatic amines is 1. The van der Waals surface area contributed by atoms with Crippen molar-refractivity contribution >= 4 is 11.9 Å². The number of imidazole rings is 1. The molecule has 0 bridgehead atoms. The van der Waals surface area contributed by atoms with Gasteiger partial charge in [0.2, 0.25) is 0 Å². The lowest BCUT2D eigenvalue weighted by atomic mass is 10.1. The number of hydrogen-bond donors (Lipinski definition) is 1. The summed E-state index contributed by atoms with van der Waals surface area (Å²) in [7, 11) is 0. The van der Waals surface area contributed by atoms with E-state index in [0.29, 0.717) is 13.0 Å². The molecular formula is C21H27N3O3. The van der Waals surface area contributed by atoms with E-state index in [0.717, 1.165) is 35.5 Å². The maximum atomic E-state index is 12.5. The molecule has 1 aliphatic heterocycles. The fourth-order valence-corrected chi connectivity index (χ4v) is 3.33. The van der Waals surface area contributed by atoms with Crippen LogP contribution < -0.4 is 0 Å². The van der Waals surface area contributed by atoms with Gasteiger partial charge in [0.25, 0.3) is 0 Å². The van der Waals surface area contributed by atoms with Gasteiger partial charge in [0.05, 0.1) is 17.9 Å². The number of nitrogens with zero attached hydrogens (tertiary/aromatic N) is 2. The highest BCUT2D eigenvalue weighted by Crippen LogP contribution is 2.32. The molecule has 0 saturated carbocycles. The zero-order valence-electron chi connectivity index (χ0n) is 16.4. The van der Waals surface area contributed by atoms with Gasteiger partial charge in [-0.1, -0.05) is 24.3 Å². The van der Waals surface area contributed by atoms with E-state index in [2.05, 4.69) is 9.97 Å². The lowest BCUT2D eigenvalue weighted by Gasteiger charge is -2.27. The number of amides is 1. The Morgan fingerprint density at radius 1 is 1.26 bits per heavy atom. The Morgan fingerprint density at radius 3 is 2.59 bits per heavy atom. The van der Waals surface area contributed by atoms with Crippen LogP contribution in [0, 0.1) is 0 Å². The molecule has 1 unspecified atom stereocenters. The Labute approximate surface area is 159 Å². The number of H-pyrrole nitrogens is 1. The van der Waals surface area contributed by atoms with Crippen LogP contribution in [-0.4, -0.2) is 38.9 Å². The highest BCUT2D eigenvalue weighted by Gasteiger charge is 2.34. The molecule has 6 nitrogen and oxygen atoms in total. The summed E-state index contributed by atoms with van der Waals surface area (Å²) in [5.41, 5.74) is 2.39. The topological polar surface area (TPSA) is 75.3 Å². The number of benzene rings is 1. The number of ether oxygens (including phenoxy) is 1. The zero-order chi connectivity index (χ0) is 19.6. The molecule has 1 aromatic carbocycles. The molecule has 0 spiro atoms. The van der Waals surface area contributed by atoms with Crippen molar-refractivity contribution in [1.82, 2.24) is 14.9 Å². The normalized spacial score (nSPS) is 17.2. The number of carbonyl (C=O) groups excluding carboxylic acids is 2. The molecule has 2 heterocycles. The van der Waals surface area contributed by atoms with Crippen LogP contribution >= 0.6 is 0 Å². The minimum Gasteiger partial charge on any atom is -0.444 e. The van der Waals surface area contributed by atoms with Crippen molar-refractivity contribution in [2.45, 2.75) is 58.6 Å². The minimum absolute atomic E-state index is 0.0920. The second-order valence-electron chi connectivity index (χ2n) is 8.09. The smallest absolute Gasteiger partial charge is 0.410 e. The molecular weight excluding hydrogens is 342 g/mol. The van der Waals surface area contributed by atoms with Gasteiger partial charge in [-0.05, 0) is 51.7 Å². The van der Waals surface area contributed by atoms with E-state index in [1.165, 1.54) is 0 Å². The van der Waals surface area contributed by atoms with E-state index >= 15 is 0 Å². The van der Waals surface area contributed by atoms with Crippen LogP contribution in [0.5, 0.6) is 0 Å². The first-order chi connectivity index (χ1) is 12.7. The van der Waals surface area contributed by atoms with Crippen molar-refractivity contribution in [3.05, 3.63) is 41.9 Å². The first kappa shape index (κ1) is 19.1. The summed E-state index contributed by atoms with van der Waals surface area (Å²) < 4.78 is 5.53. The Balaban J connectivity index is 1.74. The van der Waals surface area contributed by atoms with E-state index in [4.69, 9.17) is 4.74 Å². The number of aromatic nitrogens is 2. The fourth-order valence-electron chi connectivity index (χ4n) is 3.33. The van der Waals surface area contributed by atoms with Crippen molar-refractivity contribution in [1.29, 1.82) is 0 Å². The predicted octanol–water partition coefficient (Wildman–Crippen LogP) is 4.28. The van der Waals surface area contributed by atoms with Gasteiger partial charge >= 0.3 is 6.09 Å². The summed E-state index contributed by atoms with van der Waals surface area (Å²) in [5, 5.41) is 0. The molecule has 2 aromatic rings.